The Labute approximate surface area is 336 Å². The van der Waals surface area contributed by atoms with Crippen molar-refractivity contribution in [1.82, 2.24) is 9.80 Å². The molecule has 1 saturated heterocycles. The highest BCUT2D eigenvalue weighted by molar-refractivity contribution is 5.93. The number of para-hydroxylation sites is 1. The highest BCUT2D eigenvalue weighted by atomic mass is 16.5. The average Bonchev–Trinajstić information content (AvgIpc) is 3.19. The van der Waals surface area contributed by atoms with E-state index in [0.717, 1.165) is 81.7 Å². The van der Waals surface area contributed by atoms with Gasteiger partial charge in [0.25, 0.3) is 0 Å². The first-order valence-corrected chi connectivity index (χ1v) is 19.7. The van der Waals surface area contributed by atoms with Gasteiger partial charge in [-0.3, -0.25) is 14.4 Å². The zero-order valence-corrected chi connectivity index (χ0v) is 33.8. The number of carbonyl (C=O) groups excluding carboxylic acids is 1. The molecule has 1 aliphatic carbocycles. The number of carboxylic acids is 3. The normalized spacial score (nSPS) is 18.6. The van der Waals surface area contributed by atoms with Gasteiger partial charge in [0.05, 0.1) is 25.6 Å². The second-order valence-corrected chi connectivity index (χ2v) is 15.1. The van der Waals surface area contributed by atoms with E-state index in [4.69, 9.17) is 25.2 Å². The van der Waals surface area contributed by atoms with E-state index in [2.05, 4.69) is 66.4 Å². The summed E-state index contributed by atoms with van der Waals surface area (Å²) >= 11 is 0. The molecule has 0 aromatic heterocycles. The van der Waals surface area contributed by atoms with Gasteiger partial charge in [-0.15, -0.1) is 0 Å². The van der Waals surface area contributed by atoms with Gasteiger partial charge in [-0.1, -0.05) is 80.4 Å². The molecule has 1 aliphatic heterocycles. The van der Waals surface area contributed by atoms with Crippen LogP contribution in [0.2, 0.25) is 0 Å². The second kappa shape index (κ2) is 22.8. The summed E-state index contributed by atoms with van der Waals surface area (Å²) in [6, 6.07) is 29.0. The predicted octanol–water partition coefficient (Wildman–Crippen LogP) is 5.52. The lowest BCUT2D eigenvalue weighted by Gasteiger charge is -2.41. The van der Waals surface area contributed by atoms with Crippen LogP contribution in [-0.4, -0.2) is 118 Å². The number of carboxylic acid groups (broad SMARTS) is 3. The van der Waals surface area contributed by atoms with Gasteiger partial charge in [-0.2, -0.15) is 0 Å². The molecule has 0 spiro atoms. The van der Waals surface area contributed by atoms with E-state index < -0.39 is 42.0 Å². The number of benzene rings is 3. The first kappa shape index (κ1) is 46.6. The van der Waals surface area contributed by atoms with Gasteiger partial charge in [0, 0.05) is 50.2 Å². The number of aliphatic carboxylic acids is 3. The Balaban J connectivity index is 0.000000242. The largest absolute Gasteiger partial charge is 0.497 e. The Morgan fingerprint density at radius 3 is 1.96 bits per heavy atom. The van der Waals surface area contributed by atoms with E-state index in [1.807, 2.05) is 54.3 Å². The van der Waals surface area contributed by atoms with Crippen LogP contribution in [0.15, 0.2) is 84.9 Å². The third-order valence-corrected chi connectivity index (χ3v) is 10.6. The molecule has 0 radical (unpaired) electrons. The summed E-state index contributed by atoms with van der Waals surface area (Å²) in [6.07, 6.45) is 5.71. The van der Waals surface area contributed by atoms with Crippen LogP contribution in [0.4, 0.5) is 5.69 Å². The number of methoxy groups -OCH3 is 1. The van der Waals surface area contributed by atoms with Gasteiger partial charge in [0.2, 0.25) is 5.91 Å². The fourth-order valence-corrected chi connectivity index (χ4v) is 7.55. The van der Waals surface area contributed by atoms with Crippen molar-refractivity contribution in [1.29, 1.82) is 0 Å². The van der Waals surface area contributed by atoms with Crippen LogP contribution in [0.1, 0.15) is 75.8 Å². The summed E-state index contributed by atoms with van der Waals surface area (Å²) in [5, 5.41) is 45.0. The molecule has 1 heterocycles. The SMILES string of the molecule is CCC(=O)N(c1ccccc1)C1CCN(CCc2ccccc2)CC1.COc1cccc([C@@]2(O)CCCC[C@@H]2CN(C)C)c1.O=C(O)CC(O)(CC(=O)O)C(=O)O. The molecule has 3 aromatic carbocycles. The molecule has 5 rings (SSSR count). The molecule has 0 unspecified atom stereocenters. The molecule has 13 nitrogen and oxygen atoms in total. The van der Waals surface area contributed by atoms with Crippen molar-refractivity contribution in [2.24, 2.45) is 5.92 Å². The number of anilines is 1. The van der Waals surface area contributed by atoms with Gasteiger partial charge in [0.1, 0.15) is 5.75 Å². The maximum atomic E-state index is 12.5. The zero-order chi connectivity index (χ0) is 42.0. The molecule has 2 aliphatic rings. The maximum absolute atomic E-state index is 12.5. The minimum Gasteiger partial charge on any atom is -0.497 e. The van der Waals surface area contributed by atoms with Crippen molar-refractivity contribution < 1.29 is 49.4 Å². The standard InChI is InChI=1S/C22H28N2O.C16H25NO2.C6H8O7/c1-2-22(25)24(20-11-7-4-8-12-20)21-14-17-23(18-15-21)16-13-19-9-5-3-6-10-19;1-17(2)12-14-7-4-5-10-16(14,18)13-8-6-9-15(11-13)19-3;7-3(8)1-6(13,5(11)12)2-4(9)10/h3-12,21H,2,13-18H2,1H3;6,8-9,11,14,18H,4-5,7,10,12H2,1-3H3;13H,1-2H2,(H,7,8)(H,9,10)(H,11,12)/t;14-,16+;/m.1./s1. The molecule has 2 fully saturated rings. The Morgan fingerprint density at radius 1 is 0.842 bits per heavy atom. The molecular formula is C44H61N3O10. The van der Waals surface area contributed by atoms with Crippen LogP contribution in [0.3, 0.4) is 0 Å². The van der Waals surface area contributed by atoms with Crippen molar-refractivity contribution >= 4 is 29.5 Å². The van der Waals surface area contributed by atoms with E-state index in [1.165, 1.54) is 12.0 Å². The first-order chi connectivity index (χ1) is 27.1. The lowest BCUT2D eigenvalue weighted by molar-refractivity contribution is -0.170. The predicted molar refractivity (Wildman–Crippen MR) is 218 cm³/mol. The Morgan fingerprint density at radius 2 is 1.44 bits per heavy atom. The molecule has 13 heteroatoms. The van der Waals surface area contributed by atoms with Crippen molar-refractivity contribution in [3.63, 3.8) is 0 Å². The maximum Gasteiger partial charge on any atom is 0.336 e. The van der Waals surface area contributed by atoms with Crippen molar-refractivity contribution in [2.75, 3.05) is 52.3 Å². The molecule has 1 saturated carbocycles. The number of rotatable bonds is 15. The molecule has 1 amide bonds. The molecule has 0 bridgehead atoms. The van der Waals surface area contributed by atoms with E-state index in [0.29, 0.717) is 18.4 Å². The van der Waals surface area contributed by atoms with Crippen LogP contribution >= 0.6 is 0 Å². The first-order valence-electron chi connectivity index (χ1n) is 19.7. The highest BCUT2D eigenvalue weighted by Gasteiger charge is 2.41. The minimum absolute atomic E-state index is 0.230. The van der Waals surface area contributed by atoms with Crippen molar-refractivity contribution in [3.05, 3.63) is 96.1 Å². The van der Waals surface area contributed by atoms with Crippen molar-refractivity contribution in [2.45, 2.75) is 88.4 Å². The molecule has 312 valence electrons. The van der Waals surface area contributed by atoms with Gasteiger partial charge < -0.3 is 45.0 Å². The third kappa shape index (κ3) is 14.6. The smallest absolute Gasteiger partial charge is 0.336 e. The Kier molecular flexibility index (Phi) is 18.6. The molecule has 2 atom stereocenters. The molecule has 3 aromatic rings. The third-order valence-electron chi connectivity index (χ3n) is 10.6. The van der Waals surface area contributed by atoms with Crippen LogP contribution < -0.4 is 9.64 Å². The topological polar surface area (TPSA) is 188 Å². The lowest BCUT2D eigenvalue weighted by Crippen LogP contribution is -2.47. The van der Waals surface area contributed by atoms with Crippen LogP contribution in [0.25, 0.3) is 0 Å². The fourth-order valence-electron chi connectivity index (χ4n) is 7.55. The van der Waals surface area contributed by atoms with Crippen LogP contribution in [-0.2, 0) is 31.2 Å². The summed E-state index contributed by atoms with van der Waals surface area (Å²) in [5.74, 6) is -3.67. The number of carbonyl (C=O) groups is 4. The molecule has 57 heavy (non-hydrogen) atoms. The minimum atomic E-state index is -2.74. The van der Waals surface area contributed by atoms with Crippen LogP contribution in [0.5, 0.6) is 5.75 Å². The van der Waals surface area contributed by atoms with E-state index in [1.54, 1.807) is 7.11 Å². The fraction of sp³-hybridized carbons (Fsp3) is 0.500. The number of aliphatic hydroxyl groups is 2. The quantitative estimate of drug-likeness (QED) is 0.130. The highest BCUT2D eigenvalue weighted by Crippen LogP contribution is 2.42. The number of nitrogens with zero attached hydrogens (tertiary/aromatic N) is 3. The van der Waals surface area contributed by atoms with Gasteiger partial charge >= 0.3 is 17.9 Å². The molecular weight excluding hydrogens is 730 g/mol. The number of piperidine rings is 1. The average molecular weight is 792 g/mol. The van der Waals surface area contributed by atoms with E-state index in [9.17, 15) is 24.3 Å². The van der Waals surface area contributed by atoms with Gasteiger partial charge in [-0.05, 0) is 81.6 Å². The number of ether oxygens (including phenoxy) is 1. The summed E-state index contributed by atoms with van der Waals surface area (Å²) < 4.78 is 5.29. The Hall–Kier alpha value is -4.82. The molecule has 5 N–H and O–H groups in total. The summed E-state index contributed by atoms with van der Waals surface area (Å²) in [5.41, 5.74) is -0.0125. The number of hydrogen-bond donors (Lipinski definition) is 5. The van der Waals surface area contributed by atoms with Crippen LogP contribution in [0, 0.1) is 5.92 Å². The van der Waals surface area contributed by atoms with Gasteiger partial charge in [0.15, 0.2) is 5.60 Å². The second-order valence-electron chi connectivity index (χ2n) is 15.1. The summed E-state index contributed by atoms with van der Waals surface area (Å²) in [6.45, 7) is 6.11. The number of likely N-dealkylation sites (tertiary alicyclic amines) is 1. The monoisotopic (exact) mass is 791 g/mol. The Bertz CT molecular complexity index is 1680. The zero-order valence-electron chi connectivity index (χ0n) is 33.8. The lowest BCUT2D eigenvalue weighted by atomic mass is 9.71. The number of amides is 1. The number of hydrogen-bond acceptors (Lipinski definition) is 9. The van der Waals surface area contributed by atoms with E-state index in [-0.39, 0.29) is 5.91 Å². The van der Waals surface area contributed by atoms with Crippen molar-refractivity contribution in [3.8, 4) is 5.75 Å². The van der Waals surface area contributed by atoms with E-state index >= 15 is 0 Å². The summed E-state index contributed by atoms with van der Waals surface area (Å²) in [4.78, 5) is 49.7. The summed E-state index contributed by atoms with van der Waals surface area (Å²) in [7, 11) is 5.81. The van der Waals surface area contributed by atoms with Gasteiger partial charge in [-0.25, -0.2) is 4.79 Å².